The van der Waals surface area contributed by atoms with Crippen LogP contribution in [0.3, 0.4) is 0 Å². The molecule has 2 aromatic rings. The maximum Gasteiger partial charge on any atom is 0.139 e. The second-order valence-electron chi connectivity index (χ2n) is 8.53. The normalized spacial score (nSPS) is 34.3. The average Bonchev–Trinajstić information content (AvgIpc) is 3.25. The van der Waals surface area contributed by atoms with Gasteiger partial charge in [-0.15, -0.1) is 0 Å². The van der Waals surface area contributed by atoms with Gasteiger partial charge in [-0.1, -0.05) is 60.7 Å². The summed E-state index contributed by atoms with van der Waals surface area (Å²) in [5, 5.41) is 0. The third-order valence-corrected chi connectivity index (χ3v) is 7.17. The molecule has 1 saturated heterocycles. The van der Waals surface area contributed by atoms with Gasteiger partial charge >= 0.3 is 0 Å². The Labute approximate surface area is 156 Å². The van der Waals surface area contributed by atoms with E-state index in [4.69, 9.17) is 0 Å². The summed E-state index contributed by atoms with van der Waals surface area (Å²) in [6.45, 7) is 2.34. The Morgan fingerprint density at radius 2 is 1.27 bits per heavy atom. The van der Waals surface area contributed by atoms with Crippen LogP contribution in [0, 0.1) is 5.92 Å². The van der Waals surface area contributed by atoms with E-state index in [9.17, 15) is 4.79 Å². The maximum atomic E-state index is 13.4. The molecule has 0 N–H and O–H groups in total. The second kappa shape index (κ2) is 6.35. The van der Waals surface area contributed by atoms with Crippen LogP contribution in [0.25, 0.3) is 0 Å². The van der Waals surface area contributed by atoms with Gasteiger partial charge in [0.15, 0.2) is 0 Å². The van der Waals surface area contributed by atoms with Gasteiger partial charge in [-0.3, -0.25) is 9.69 Å². The van der Waals surface area contributed by atoms with Crippen molar-refractivity contribution < 1.29 is 4.79 Å². The van der Waals surface area contributed by atoms with Crippen LogP contribution in [0.4, 0.5) is 0 Å². The standard InChI is InChI=1S/C24H27NO/c26-22-17-24(25-13-7-8-14-25)15-20(18-9-3-1-4-10-18)23(22)21(16-24)19-11-5-2-6-12-19/h1-6,9-12,20-21,23H,7-8,13-17H2/t20-,21-,23?,24?/m1/s1. The lowest BCUT2D eigenvalue weighted by Gasteiger charge is -2.57. The molecule has 26 heavy (non-hydrogen) atoms. The number of carbonyl (C=O) groups excluding carboxylic acids is 1. The number of fused-ring (bicyclic) bond motifs is 3. The predicted molar refractivity (Wildman–Crippen MR) is 104 cm³/mol. The first-order chi connectivity index (χ1) is 12.8. The van der Waals surface area contributed by atoms with E-state index in [1.165, 1.54) is 37.1 Å². The third-order valence-electron chi connectivity index (χ3n) is 7.17. The molecule has 0 aromatic heterocycles. The predicted octanol–water partition coefficient (Wildman–Crippen LogP) is 4.77. The fourth-order valence-corrected chi connectivity index (χ4v) is 6.08. The summed E-state index contributed by atoms with van der Waals surface area (Å²) >= 11 is 0. The molecule has 0 radical (unpaired) electrons. The Balaban J connectivity index is 1.60. The first-order valence-electron chi connectivity index (χ1n) is 10.1. The lowest BCUT2D eigenvalue weighted by Crippen LogP contribution is -2.60. The Bertz CT molecular complexity index is 729. The first kappa shape index (κ1) is 16.3. The number of hydrogen-bond acceptors (Lipinski definition) is 2. The van der Waals surface area contributed by atoms with Gasteiger partial charge in [0, 0.05) is 17.9 Å². The highest BCUT2D eigenvalue weighted by atomic mass is 16.1. The van der Waals surface area contributed by atoms with E-state index >= 15 is 0 Å². The van der Waals surface area contributed by atoms with E-state index in [1.54, 1.807) is 0 Å². The van der Waals surface area contributed by atoms with Crippen molar-refractivity contribution in [1.29, 1.82) is 0 Å². The number of Topliss-reactive ketones (excluding diaryl/α,β-unsaturated/α-hetero) is 1. The smallest absolute Gasteiger partial charge is 0.139 e. The first-order valence-corrected chi connectivity index (χ1v) is 10.1. The van der Waals surface area contributed by atoms with E-state index in [0.29, 0.717) is 17.6 Å². The summed E-state index contributed by atoms with van der Waals surface area (Å²) in [6, 6.07) is 21.6. The zero-order valence-electron chi connectivity index (χ0n) is 15.3. The van der Waals surface area contributed by atoms with Gasteiger partial charge in [0.1, 0.15) is 5.78 Å². The molecule has 2 aromatic carbocycles. The molecule has 3 aliphatic carbocycles. The van der Waals surface area contributed by atoms with Crippen molar-refractivity contribution in [3.63, 3.8) is 0 Å². The zero-order chi connectivity index (χ0) is 17.6. The van der Waals surface area contributed by atoms with Crippen molar-refractivity contribution in [2.45, 2.75) is 49.5 Å². The maximum absolute atomic E-state index is 13.4. The molecule has 2 heteroatoms. The Hall–Kier alpha value is -1.93. The molecule has 134 valence electrons. The average molecular weight is 345 g/mol. The van der Waals surface area contributed by atoms with Crippen molar-refractivity contribution in [3.05, 3.63) is 71.8 Å². The summed E-state index contributed by atoms with van der Waals surface area (Å²) in [7, 11) is 0. The molecule has 1 aliphatic heterocycles. The molecule has 6 rings (SSSR count). The summed E-state index contributed by atoms with van der Waals surface area (Å²) in [4.78, 5) is 16.0. The molecule has 3 saturated carbocycles. The van der Waals surface area contributed by atoms with Gasteiger partial charge in [0.05, 0.1) is 0 Å². The number of likely N-dealkylation sites (tertiary alicyclic amines) is 1. The number of hydrogen-bond donors (Lipinski definition) is 0. The molecule has 1 heterocycles. The van der Waals surface area contributed by atoms with Crippen molar-refractivity contribution in [3.8, 4) is 0 Å². The van der Waals surface area contributed by atoms with Gasteiger partial charge in [0.2, 0.25) is 0 Å². The number of ketones is 1. The third kappa shape index (κ3) is 2.54. The fourth-order valence-electron chi connectivity index (χ4n) is 6.08. The number of nitrogens with zero attached hydrogens (tertiary/aromatic N) is 1. The molecule has 2 bridgehead atoms. The van der Waals surface area contributed by atoms with Crippen LogP contribution in [0.1, 0.15) is 55.1 Å². The molecule has 0 spiro atoms. The van der Waals surface area contributed by atoms with Crippen LogP contribution in [-0.2, 0) is 4.79 Å². The Kier molecular flexibility index (Phi) is 3.97. The lowest BCUT2D eigenvalue weighted by atomic mass is 9.52. The lowest BCUT2D eigenvalue weighted by molar-refractivity contribution is -0.139. The molecule has 4 fully saturated rings. The van der Waals surface area contributed by atoms with Crippen molar-refractivity contribution in [1.82, 2.24) is 4.90 Å². The van der Waals surface area contributed by atoms with E-state index in [-0.39, 0.29) is 11.5 Å². The van der Waals surface area contributed by atoms with E-state index in [0.717, 1.165) is 19.3 Å². The summed E-state index contributed by atoms with van der Waals surface area (Å²) < 4.78 is 0. The molecule has 2 nitrogen and oxygen atoms in total. The Morgan fingerprint density at radius 1 is 0.769 bits per heavy atom. The van der Waals surface area contributed by atoms with Crippen LogP contribution in [0.15, 0.2) is 60.7 Å². The highest BCUT2D eigenvalue weighted by molar-refractivity contribution is 5.86. The molecule has 0 unspecified atom stereocenters. The SMILES string of the molecule is O=C1CC2(N3CCCC3)C[C@H](c3ccccc3)C1[C@@H](c1ccccc1)C2. The van der Waals surface area contributed by atoms with Gasteiger partial charge in [-0.2, -0.15) is 0 Å². The number of carbonyl (C=O) groups is 1. The number of benzene rings is 2. The van der Waals surface area contributed by atoms with Gasteiger partial charge < -0.3 is 0 Å². The topological polar surface area (TPSA) is 20.3 Å². The molecular weight excluding hydrogens is 318 g/mol. The van der Waals surface area contributed by atoms with Crippen molar-refractivity contribution >= 4 is 5.78 Å². The monoisotopic (exact) mass is 345 g/mol. The van der Waals surface area contributed by atoms with E-state index < -0.39 is 0 Å². The quantitative estimate of drug-likeness (QED) is 0.798. The van der Waals surface area contributed by atoms with Crippen molar-refractivity contribution in [2.24, 2.45) is 5.92 Å². The summed E-state index contributed by atoms with van der Waals surface area (Å²) in [6.07, 6.45) is 5.63. The minimum absolute atomic E-state index is 0.0728. The molecule has 4 aliphatic rings. The van der Waals surface area contributed by atoms with Crippen LogP contribution >= 0.6 is 0 Å². The highest BCUT2D eigenvalue weighted by Gasteiger charge is 2.57. The van der Waals surface area contributed by atoms with Gasteiger partial charge in [0.25, 0.3) is 0 Å². The summed E-state index contributed by atoms with van der Waals surface area (Å²) in [5.41, 5.74) is 2.79. The van der Waals surface area contributed by atoms with Crippen LogP contribution in [0.5, 0.6) is 0 Å². The molecule has 2 atom stereocenters. The van der Waals surface area contributed by atoms with Gasteiger partial charge in [-0.05, 0) is 61.7 Å². The zero-order valence-corrected chi connectivity index (χ0v) is 15.3. The van der Waals surface area contributed by atoms with Crippen LogP contribution in [0.2, 0.25) is 0 Å². The molecular formula is C24H27NO. The van der Waals surface area contributed by atoms with E-state index in [1.807, 2.05) is 0 Å². The van der Waals surface area contributed by atoms with Crippen LogP contribution in [-0.4, -0.2) is 29.3 Å². The second-order valence-corrected chi connectivity index (χ2v) is 8.53. The fraction of sp³-hybridized carbons (Fsp3) is 0.458. The summed E-state index contributed by atoms with van der Waals surface area (Å²) in [5.74, 6) is 1.36. The van der Waals surface area contributed by atoms with E-state index in [2.05, 4.69) is 65.6 Å². The molecule has 0 amide bonds. The van der Waals surface area contributed by atoms with Gasteiger partial charge in [-0.25, -0.2) is 0 Å². The minimum atomic E-state index is 0.0728. The minimum Gasteiger partial charge on any atom is -0.299 e. The van der Waals surface area contributed by atoms with Crippen molar-refractivity contribution in [2.75, 3.05) is 13.1 Å². The van der Waals surface area contributed by atoms with Crippen LogP contribution < -0.4 is 0 Å². The number of rotatable bonds is 3. The Morgan fingerprint density at radius 3 is 1.77 bits per heavy atom. The largest absolute Gasteiger partial charge is 0.299 e. The highest BCUT2D eigenvalue weighted by Crippen LogP contribution is 2.58.